The predicted octanol–water partition coefficient (Wildman–Crippen LogP) is 7.03. The molecular formula is C30H34ClN3O2. The Morgan fingerprint density at radius 3 is 2.53 bits per heavy atom. The van der Waals surface area contributed by atoms with Crippen LogP contribution in [0.3, 0.4) is 0 Å². The van der Waals surface area contributed by atoms with Gasteiger partial charge in [0.15, 0.2) is 0 Å². The summed E-state index contributed by atoms with van der Waals surface area (Å²) < 4.78 is 8.24. The van der Waals surface area contributed by atoms with Crippen molar-refractivity contribution >= 4 is 28.5 Å². The van der Waals surface area contributed by atoms with Crippen molar-refractivity contribution in [1.82, 2.24) is 14.9 Å². The minimum Gasteiger partial charge on any atom is -0.494 e. The summed E-state index contributed by atoms with van der Waals surface area (Å²) >= 11 is 5.92. The Kier molecular flexibility index (Phi) is 9.01. The van der Waals surface area contributed by atoms with Gasteiger partial charge in [0.05, 0.1) is 17.6 Å². The van der Waals surface area contributed by atoms with E-state index in [1.807, 2.05) is 18.2 Å². The fourth-order valence-electron chi connectivity index (χ4n) is 4.25. The number of nitrogens with zero attached hydrogens (tertiary/aromatic N) is 2. The van der Waals surface area contributed by atoms with E-state index in [0.717, 1.165) is 48.4 Å². The predicted molar refractivity (Wildman–Crippen MR) is 147 cm³/mol. The topological polar surface area (TPSA) is 56.1 Å². The molecule has 1 atom stereocenters. The summed E-state index contributed by atoms with van der Waals surface area (Å²) in [6, 6.07) is 23.6. The molecule has 6 heteroatoms. The molecule has 1 amide bonds. The summed E-state index contributed by atoms with van der Waals surface area (Å²) in [4.78, 5) is 17.3. The number of hydrogen-bond acceptors (Lipinski definition) is 3. The van der Waals surface area contributed by atoms with E-state index in [-0.39, 0.29) is 5.91 Å². The van der Waals surface area contributed by atoms with Gasteiger partial charge in [-0.05, 0) is 79.3 Å². The van der Waals surface area contributed by atoms with Gasteiger partial charge >= 0.3 is 0 Å². The van der Waals surface area contributed by atoms with Crippen molar-refractivity contribution in [3.63, 3.8) is 0 Å². The molecule has 0 bridgehead atoms. The Labute approximate surface area is 218 Å². The van der Waals surface area contributed by atoms with E-state index in [4.69, 9.17) is 21.3 Å². The maximum atomic E-state index is 12.4. The lowest BCUT2D eigenvalue weighted by molar-refractivity contribution is 0.0954. The molecule has 0 spiro atoms. The summed E-state index contributed by atoms with van der Waals surface area (Å²) in [5, 5.41) is 3.61. The van der Waals surface area contributed by atoms with Crippen molar-refractivity contribution < 1.29 is 9.53 Å². The minimum atomic E-state index is -0.108. The molecule has 0 saturated carbocycles. The number of benzene rings is 3. The number of carbonyl (C=O) groups is 1. The van der Waals surface area contributed by atoms with Gasteiger partial charge in [0.2, 0.25) is 0 Å². The van der Waals surface area contributed by atoms with Gasteiger partial charge in [0.1, 0.15) is 11.6 Å². The molecule has 0 aliphatic carbocycles. The molecular weight excluding hydrogens is 470 g/mol. The van der Waals surface area contributed by atoms with Crippen LogP contribution in [0.4, 0.5) is 0 Å². The molecule has 0 saturated heterocycles. The number of halogens is 1. The van der Waals surface area contributed by atoms with Gasteiger partial charge in [-0.3, -0.25) is 4.79 Å². The zero-order chi connectivity index (χ0) is 25.3. The van der Waals surface area contributed by atoms with Crippen LogP contribution >= 0.6 is 11.6 Å². The summed E-state index contributed by atoms with van der Waals surface area (Å²) in [6.45, 7) is 6.51. The van der Waals surface area contributed by atoms with E-state index < -0.39 is 0 Å². The second-order valence-corrected chi connectivity index (χ2v) is 9.55. The van der Waals surface area contributed by atoms with Crippen LogP contribution in [0.15, 0.2) is 72.8 Å². The minimum absolute atomic E-state index is 0.108. The summed E-state index contributed by atoms with van der Waals surface area (Å²) in [7, 11) is 0. The molecule has 4 aromatic rings. The molecule has 1 N–H and O–H groups in total. The second-order valence-electron chi connectivity index (χ2n) is 9.12. The molecule has 0 radical (unpaired) electrons. The average molecular weight is 504 g/mol. The summed E-state index contributed by atoms with van der Waals surface area (Å²) in [5.74, 6) is 2.37. The third-order valence-electron chi connectivity index (χ3n) is 6.58. The fourth-order valence-corrected chi connectivity index (χ4v) is 4.37. The number of ether oxygens (including phenoxy) is 1. The number of amides is 1. The van der Waals surface area contributed by atoms with Gasteiger partial charge in [0, 0.05) is 30.1 Å². The zero-order valence-electron chi connectivity index (χ0n) is 21.0. The van der Waals surface area contributed by atoms with E-state index in [9.17, 15) is 4.79 Å². The normalized spacial score (nSPS) is 12.0. The molecule has 3 aromatic carbocycles. The Morgan fingerprint density at radius 1 is 1.03 bits per heavy atom. The van der Waals surface area contributed by atoms with Crippen molar-refractivity contribution in [1.29, 1.82) is 0 Å². The molecule has 1 aromatic heterocycles. The van der Waals surface area contributed by atoms with Gasteiger partial charge in [-0.2, -0.15) is 0 Å². The SMILES string of the molecule is CCC(C)c1ccc(OCCCCn2c(CCNC(=O)c3ccc(Cl)cc3)nc3ccccc32)cc1. The van der Waals surface area contributed by atoms with Gasteiger partial charge in [-0.15, -0.1) is 0 Å². The number of carbonyl (C=O) groups excluding carboxylic acids is 1. The highest BCUT2D eigenvalue weighted by Crippen LogP contribution is 2.22. The van der Waals surface area contributed by atoms with Crippen LogP contribution in [0, 0.1) is 0 Å². The van der Waals surface area contributed by atoms with Crippen molar-refractivity contribution in [3.8, 4) is 5.75 Å². The third kappa shape index (κ3) is 6.67. The molecule has 1 heterocycles. The number of imidazole rings is 1. The number of aromatic nitrogens is 2. The average Bonchev–Trinajstić information content (AvgIpc) is 3.26. The Morgan fingerprint density at radius 2 is 1.78 bits per heavy atom. The van der Waals surface area contributed by atoms with Crippen molar-refractivity contribution in [2.24, 2.45) is 0 Å². The largest absolute Gasteiger partial charge is 0.494 e. The molecule has 4 rings (SSSR count). The first kappa shape index (κ1) is 25.8. The lowest BCUT2D eigenvalue weighted by Crippen LogP contribution is -2.26. The van der Waals surface area contributed by atoms with Crippen molar-refractivity contribution in [2.45, 2.75) is 52.0 Å². The molecule has 0 aliphatic rings. The number of unbranched alkanes of at least 4 members (excludes halogenated alkanes) is 1. The van der Waals surface area contributed by atoms with Crippen LogP contribution in [-0.2, 0) is 13.0 Å². The first-order chi connectivity index (χ1) is 17.5. The molecule has 1 unspecified atom stereocenters. The van der Waals surface area contributed by atoms with Crippen LogP contribution in [0.5, 0.6) is 5.75 Å². The van der Waals surface area contributed by atoms with Crippen molar-refractivity contribution in [3.05, 3.63) is 94.8 Å². The van der Waals surface area contributed by atoms with Crippen molar-refractivity contribution in [2.75, 3.05) is 13.2 Å². The smallest absolute Gasteiger partial charge is 0.251 e. The highest BCUT2D eigenvalue weighted by Gasteiger charge is 2.12. The molecule has 0 aliphatic heterocycles. The standard InChI is InChI=1S/C30H34ClN3O2/c1-3-22(2)23-12-16-26(17-13-23)36-21-7-6-20-34-28-9-5-4-8-27(28)33-29(34)18-19-32-30(35)24-10-14-25(31)15-11-24/h4-5,8-17,22H,3,6-7,18-21H2,1-2H3,(H,32,35). The maximum Gasteiger partial charge on any atom is 0.251 e. The van der Waals surface area contributed by atoms with Gasteiger partial charge in [0.25, 0.3) is 5.91 Å². The fraction of sp³-hybridized carbons (Fsp3) is 0.333. The molecule has 0 fully saturated rings. The second kappa shape index (κ2) is 12.6. The number of hydrogen-bond donors (Lipinski definition) is 1. The van der Waals surface area contributed by atoms with Gasteiger partial charge in [-0.25, -0.2) is 4.98 Å². The van der Waals surface area contributed by atoms with E-state index in [1.165, 1.54) is 5.56 Å². The van der Waals surface area contributed by atoms with E-state index >= 15 is 0 Å². The highest BCUT2D eigenvalue weighted by molar-refractivity contribution is 6.30. The van der Waals surface area contributed by atoms with E-state index in [1.54, 1.807) is 24.3 Å². The molecule has 188 valence electrons. The monoisotopic (exact) mass is 503 g/mol. The quantitative estimate of drug-likeness (QED) is 0.211. The van der Waals surface area contributed by atoms with Gasteiger partial charge < -0.3 is 14.6 Å². The van der Waals surface area contributed by atoms with E-state index in [2.05, 4.69) is 54.1 Å². The summed E-state index contributed by atoms with van der Waals surface area (Å²) in [5.41, 5.74) is 4.06. The Hall–Kier alpha value is -3.31. The van der Waals surface area contributed by atoms with Crippen LogP contribution in [0.1, 0.15) is 60.8 Å². The Bertz CT molecular complexity index is 1270. The first-order valence-corrected chi connectivity index (χ1v) is 13.1. The molecule has 5 nitrogen and oxygen atoms in total. The number of aryl methyl sites for hydroxylation is 1. The van der Waals surface area contributed by atoms with Gasteiger partial charge in [-0.1, -0.05) is 49.7 Å². The molecule has 36 heavy (non-hydrogen) atoms. The lowest BCUT2D eigenvalue weighted by atomic mass is 9.99. The number of para-hydroxylation sites is 2. The van der Waals surface area contributed by atoms with Crippen LogP contribution in [0.25, 0.3) is 11.0 Å². The number of rotatable bonds is 12. The number of nitrogens with one attached hydrogen (secondary N) is 1. The zero-order valence-corrected chi connectivity index (χ0v) is 21.8. The Balaban J connectivity index is 1.29. The van der Waals surface area contributed by atoms with E-state index in [0.29, 0.717) is 36.1 Å². The number of fused-ring (bicyclic) bond motifs is 1. The highest BCUT2D eigenvalue weighted by atomic mass is 35.5. The summed E-state index contributed by atoms with van der Waals surface area (Å²) in [6.07, 6.45) is 3.73. The van der Waals surface area contributed by atoms with Crippen LogP contribution in [0.2, 0.25) is 5.02 Å². The van der Waals surface area contributed by atoms with Crippen LogP contribution < -0.4 is 10.1 Å². The maximum absolute atomic E-state index is 12.4. The van der Waals surface area contributed by atoms with Crippen LogP contribution in [-0.4, -0.2) is 28.6 Å². The lowest BCUT2D eigenvalue weighted by Gasteiger charge is -2.12. The third-order valence-corrected chi connectivity index (χ3v) is 6.83. The first-order valence-electron chi connectivity index (χ1n) is 12.8.